The van der Waals surface area contributed by atoms with Gasteiger partial charge in [-0.3, -0.25) is 33.6 Å². The zero-order valence-corrected chi connectivity index (χ0v) is 26.6. The Balaban J connectivity index is -0.0000000818. The number of Topliss-reactive ketones (excluding diaryl/α,β-unsaturated/α-hetero) is 4. The Morgan fingerprint density at radius 2 is 0.841 bits per heavy atom. The third-order valence-electron chi connectivity index (χ3n) is 4.11. The molecule has 0 atom stereocenters. The van der Waals surface area contributed by atoms with Gasteiger partial charge in [0, 0.05) is 25.7 Å². The molecule has 44 heavy (non-hydrogen) atoms. The van der Waals surface area contributed by atoms with Crippen molar-refractivity contribution in [1.29, 1.82) is 0 Å². The van der Waals surface area contributed by atoms with Gasteiger partial charge in [0.05, 0.1) is 58.3 Å². The maximum Gasteiger partial charge on any atom is 0.305 e. The summed E-state index contributed by atoms with van der Waals surface area (Å²) in [5, 5.41) is 16.6. The van der Waals surface area contributed by atoms with Crippen LogP contribution in [0, 0.1) is 0 Å². The number of hydrogen-bond acceptors (Lipinski definition) is 12. The summed E-state index contributed by atoms with van der Waals surface area (Å²) in [5.74, 6) is -2.53. The number of aliphatic carboxylic acids is 2. The van der Waals surface area contributed by atoms with Crippen molar-refractivity contribution in [3.63, 3.8) is 0 Å². The summed E-state index contributed by atoms with van der Waals surface area (Å²) in [5.41, 5.74) is 0. The van der Waals surface area contributed by atoms with E-state index in [0.29, 0.717) is 18.4 Å². The van der Waals surface area contributed by atoms with Gasteiger partial charge in [0.1, 0.15) is 23.1 Å². The number of rotatable bonds is 17. The van der Waals surface area contributed by atoms with E-state index in [1.54, 1.807) is 23.9 Å². The molecule has 0 radical (unpaired) electrons. The molecule has 0 bridgehead atoms. The Hall–Kier alpha value is -3.04. The fraction of sp³-hybridized carbons (Fsp3) is 0.724. The minimum absolute atomic E-state index is 0. The van der Waals surface area contributed by atoms with E-state index < -0.39 is 11.9 Å². The van der Waals surface area contributed by atoms with Gasteiger partial charge in [0.15, 0.2) is 0 Å². The molecule has 0 aromatic heterocycles. The van der Waals surface area contributed by atoms with Gasteiger partial charge < -0.3 is 34.3 Å². The van der Waals surface area contributed by atoms with Gasteiger partial charge in [0.25, 0.3) is 0 Å². The first kappa shape index (κ1) is 56.7. The summed E-state index contributed by atoms with van der Waals surface area (Å²) in [4.78, 5) is 86.9. The monoisotopic (exact) mass is 704 g/mol. The predicted molar refractivity (Wildman–Crippen MR) is 173 cm³/mol. The second-order valence-corrected chi connectivity index (χ2v) is 9.43. The normalized spacial score (nSPS) is 8.86. The summed E-state index contributed by atoms with van der Waals surface area (Å²) in [6, 6.07) is 0. The van der Waals surface area contributed by atoms with E-state index in [0.717, 1.165) is 0 Å². The molecule has 0 saturated heterocycles. The molecule has 0 rings (SSSR count). The van der Waals surface area contributed by atoms with E-state index in [2.05, 4.69) is 25.4 Å². The van der Waals surface area contributed by atoms with E-state index in [1.165, 1.54) is 21.1 Å². The van der Waals surface area contributed by atoms with Crippen molar-refractivity contribution in [2.24, 2.45) is 0 Å². The van der Waals surface area contributed by atoms with E-state index in [4.69, 9.17) is 10.2 Å². The zero-order chi connectivity index (χ0) is 33.0. The fourth-order valence-electron chi connectivity index (χ4n) is 2.15. The number of ether oxygens (including phenoxy) is 2. The number of methoxy groups -OCH3 is 2. The molecule has 0 aliphatic rings. The number of likely N-dealkylation sites (N-methyl/N-ethyl adjacent to an activating group) is 2. The molecule has 0 aromatic carbocycles. The zero-order valence-electron chi connectivity index (χ0n) is 25.0. The molecule has 0 heterocycles. The van der Waals surface area contributed by atoms with E-state index in [9.17, 15) is 38.4 Å². The molecule has 0 unspecified atom stereocenters. The molecule has 15 heteroatoms. The van der Waals surface area contributed by atoms with Crippen LogP contribution in [0.25, 0.3) is 0 Å². The number of carboxylic acids is 2. The van der Waals surface area contributed by atoms with Crippen LogP contribution in [-0.2, 0) is 47.8 Å². The SMILES string of the molecule is C.C.C.CC(=O)CCC(=O)O.CN(C)CC(=O)CCC(=O)O.COC(=O)CCC(=O)CBr.COC(=O)CCC(=O)CN(C)C. The average molecular weight is 706 g/mol. The van der Waals surface area contributed by atoms with Crippen molar-refractivity contribution in [3.8, 4) is 0 Å². The van der Waals surface area contributed by atoms with Gasteiger partial charge in [-0.25, -0.2) is 0 Å². The highest BCUT2D eigenvalue weighted by molar-refractivity contribution is 9.09. The molecule has 0 aliphatic heterocycles. The summed E-state index contributed by atoms with van der Waals surface area (Å²) >= 11 is 2.99. The molecule has 0 saturated carbocycles. The third-order valence-corrected chi connectivity index (χ3v) is 4.74. The Morgan fingerprint density at radius 1 is 0.545 bits per heavy atom. The standard InChI is InChI=1S/C8H15NO3.C7H13NO3.C6H9BrO3.C5H8O3.3CH4/c1-9(2)6-7(10)4-5-8(11)12-3;1-8(2)5-6(9)3-4-7(10)11;1-10-6(9)3-2-5(8)4-7;1-4(6)2-3-5(7)8;;;/h4-6H2,1-3H3;3-5H2,1-2H3,(H,10,11);2-4H2,1H3;2-3H2,1H3,(H,7,8);3*1H4. The summed E-state index contributed by atoms with van der Waals surface area (Å²) in [7, 11) is 9.81. The lowest BCUT2D eigenvalue weighted by Crippen LogP contribution is -2.22. The number of carboxylic acid groups (broad SMARTS) is 2. The van der Waals surface area contributed by atoms with Gasteiger partial charge in [-0.05, 0) is 35.1 Å². The summed E-state index contributed by atoms with van der Waals surface area (Å²) < 4.78 is 8.74. The lowest BCUT2D eigenvalue weighted by atomic mass is 10.2. The van der Waals surface area contributed by atoms with E-state index in [1.807, 2.05) is 14.1 Å². The smallest absolute Gasteiger partial charge is 0.305 e. The topological polar surface area (TPSA) is 202 Å². The van der Waals surface area contributed by atoms with Gasteiger partial charge in [-0.15, -0.1) is 0 Å². The van der Waals surface area contributed by atoms with Crippen LogP contribution in [0.1, 0.15) is 80.6 Å². The minimum atomic E-state index is -0.919. The highest BCUT2D eigenvalue weighted by Crippen LogP contribution is 1.96. The number of alkyl halides is 1. The van der Waals surface area contributed by atoms with Crippen LogP contribution in [0.3, 0.4) is 0 Å². The molecular formula is C29H57BrN2O12. The first-order valence-corrected chi connectivity index (χ1v) is 13.5. The molecule has 0 spiro atoms. The Kier molecular flexibility index (Phi) is 49.0. The van der Waals surface area contributed by atoms with Gasteiger partial charge >= 0.3 is 23.9 Å². The Bertz CT molecular complexity index is 801. The Labute approximate surface area is 271 Å². The number of ketones is 4. The van der Waals surface area contributed by atoms with Crippen molar-refractivity contribution in [2.75, 3.05) is 60.8 Å². The number of nitrogens with zero attached hydrogens (tertiary/aromatic N) is 2. The highest BCUT2D eigenvalue weighted by Gasteiger charge is 2.07. The quantitative estimate of drug-likeness (QED) is 0.165. The number of hydrogen-bond donors (Lipinski definition) is 2. The fourth-order valence-corrected chi connectivity index (χ4v) is 2.43. The molecule has 0 aromatic rings. The Morgan fingerprint density at radius 3 is 1.07 bits per heavy atom. The summed E-state index contributed by atoms with van der Waals surface area (Å²) in [6.07, 6.45) is 1.07. The number of esters is 2. The van der Waals surface area contributed by atoms with Crippen LogP contribution >= 0.6 is 15.9 Å². The molecule has 0 aliphatic carbocycles. The second-order valence-electron chi connectivity index (χ2n) is 8.87. The number of carbonyl (C=O) groups is 8. The number of halogens is 1. The van der Waals surface area contributed by atoms with Crippen molar-refractivity contribution < 1.29 is 58.0 Å². The van der Waals surface area contributed by atoms with Gasteiger partial charge in [-0.1, -0.05) is 38.2 Å². The van der Waals surface area contributed by atoms with E-state index in [-0.39, 0.29) is 109 Å². The van der Waals surface area contributed by atoms with Crippen molar-refractivity contribution >= 4 is 62.9 Å². The molecule has 0 amide bonds. The first-order chi connectivity index (χ1) is 18.9. The van der Waals surface area contributed by atoms with E-state index >= 15 is 0 Å². The van der Waals surface area contributed by atoms with Crippen LogP contribution in [0.2, 0.25) is 0 Å². The maximum atomic E-state index is 11.0. The second kappa shape index (κ2) is 38.0. The van der Waals surface area contributed by atoms with Crippen molar-refractivity contribution in [2.45, 2.75) is 80.6 Å². The predicted octanol–water partition coefficient (Wildman–Crippen LogP) is 3.30. The summed E-state index contributed by atoms with van der Waals surface area (Å²) in [6.45, 7) is 2.09. The third kappa shape index (κ3) is 58.6. The molecular weight excluding hydrogens is 648 g/mol. The molecule has 2 N–H and O–H groups in total. The average Bonchev–Trinajstić information content (AvgIpc) is 2.88. The van der Waals surface area contributed by atoms with Crippen molar-refractivity contribution in [1.82, 2.24) is 9.80 Å². The van der Waals surface area contributed by atoms with Crippen LogP contribution < -0.4 is 0 Å². The molecule has 14 nitrogen and oxygen atoms in total. The van der Waals surface area contributed by atoms with Gasteiger partial charge in [-0.2, -0.15) is 0 Å². The lowest BCUT2D eigenvalue weighted by molar-refractivity contribution is -0.142. The first-order valence-electron chi connectivity index (χ1n) is 12.4. The van der Waals surface area contributed by atoms with Crippen molar-refractivity contribution in [3.05, 3.63) is 0 Å². The van der Waals surface area contributed by atoms with Crippen LogP contribution in [0.4, 0.5) is 0 Å². The van der Waals surface area contributed by atoms with Crippen LogP contribution in [-0.4, -0.2) is 128 Å². The number of carbonyl (C=O) groups excluding carboxylic acids is 6. The van der Waals surface area contributed by atoms with Gasteiger partial charge in [0.2, 0.25) is 0 Å². The highest BCUT2D eigenvalue weighted by atomic mass is 79.9. The van der Waals surface area contributed by atoms with Crippen LogP contribution in [0.5, 0.6) is 0 Å². The maximum absolute atomic E-state index is 11.0. The minimum Gasteiger partial charge on any atom is -0.481 e. The largest absolute Gasteiger partial charge is 0.481 e. The lowest BCUT2D eigenvalue weighted by Gasteiger charge is -2.07. The molecule has 262 valence electrons. The van der Waals surface area contributed by atoms with Crippen LogP contribution in [0.15, 0.2) is 0 Å². The molecule has 0 fully saturated rings.